The van der Waals surface area contributed by atoms with Crippen LogP contribution in [0, 0.1) is 18.6 Å². The van der Waals surface area contributed by atoms with Crippen molar-refractivity contribution in [1.82, 2.24) is 14.5 Å². The summed E-state index contributed by atoms with van der Waals surface area (Å²) < 4.78 is 69.4. The van der Waals surface area contributed by atoms with E-state index < -0.39 is 36.6 Å². The molecule has 0 aliphatic carbocycles. The summed E-state index contributed by atoms with van der Waals surface area (Å²) in [6, 6.07) is 7.36. The Bertz CT molecular complexity index is 1370. The number of nitrogens with zero attached hydrogens (tertiary/aromatic N) is 4. The highest BCUT2D eigenvalue weighted by Crippen LogP contribution is 2.43. The van der Waals surface area contributed by atoms with Gasteiger partial charge in [0.15, 0.2) is 5.76 Å². The number of amidine groups is 1. The van der Waals surface area contributed by atoms with Gasteiger partial charge in [-0.15, -0.1) is 0 Å². The molecule has 12 heteroatoms. The van der Waals surface area contributed by atoms with Crippen LogP contribution in [-0.4, -0.2) is 51.8 Å². The number of morpholine rings is 1. The van der Waals surface area contributed by atoms with Crippen LogP contribution in [0.2, 0.25) is 0 Å². The number of fused-ring (bicyclic) bond motifs is 1. The van der Waals surface area contributed by atoms with E-state index in [2.05, 4.69) is 10.1 Å². The predicted octanol–water partition coefficient (Wildman–Crippen LogP) is 3.92. The van der Waals surface area contributed by atoms with E-state index in [1.54, 1.807) is 35.3 Å². The summed E-state index contributed by atoms with van der Waals surface area (Å²) in [4.78, 5) is 10.5. The van der Waals surface area contributed by atoms with Gasteiger partial charge in [-0.3, -0.25) is 4.90 Å². The highest BCUT2D eigenvalue weighted by Gasteiger charge is 2.57. The molecule has 1 atom stereocenters. The highest BCUT2D eigenvalue weighted by atomic mass is 19.3. The fourth-order valence-electron chi connectivity index (χ4n) is 4.18. The average Bonchev–Trinajstić information content (AvgIpc) is 3.41. The zero-order chi connectivity index (χ0) is 25.7. The minimum absolute atomic E-state index is 0.173. The van der Waals surface area contributed by atoms with Crippen molar-refractivity contribution in [2.45, 2.75) is 18.8 Å². The Morgan fingerprint density at radius 3 is 2.56 bits per heavy atom. The van der Waals surface area contributed by atoms with Gasteiger partial charge in [-0.2, -0.15) is 8.78 Å². The molecule has 3 aromatic rings. The summed E-state index contributed by atoms with van der Waals surface area (Å²) in [5.74, 6) is -2.04. The zero-order valence-electron chi connectivity index (χ0n) is 19.1. The molecule has 0 saturated carbocycles. The number of hydrogen-bond donors (Lipinski definition) is 1. The van der Waals surface area contributed by atoms with Crippen molar-refractivity contribution in [3.63, 3.8) is 0 Å². The first-order valence-electron chi connectivity index (χ1n) is 10.7. The van der Waals surface area contributed by atoms with E-state index in [1.165, 1.54) is 13.2 Å². The molecule has 1 fully saturated rings. The lowest BCUT2D eigenvalue weighted by Gasteiger charge is -2.40. The Morgan fingerprint density at radius 2 is 1.92 bits per heavy atom. The summed E-state index contributed by atoms with van der Waals surface area (Å²) >= 11 is 0. The monoisotopic (exact) mass is 504 g/mol. The smallest absolute Gasteiger partial charge is 0.416 e. The predicted molar refractivity (Wildman–Crippen MR) is 119 cm³/mol. The van der Waals surface area contributed by atoms with Crippen molar-refractivity contribution in [2.75, 3.05) is 20.3 Å². The van der Waals surface area contributed by atoms with E-state index in [-0.39, 0.29) is 17.2 Å². The number of methoxy groups -OCH3 is 1. The van der Waals surface area contributed by atoms with E-state index in [1.807, 2.05) is 6.92 Å². The molecule has 0 radical (unpaired) electrons. The first kappa shape index (κ1) is 23.7. The molecule has 2 aromatic carbocycles. The van der Waals surface area contributed by atoms with Gasteiger partial charge >= 0.3 is 6.11 Å². The van der Waals surface area contributed by atoms with Gasteiger partial charge in [-0.05, 0) is 42.8 Å². The van der Waals surface area contributed by atoms with Gasteiger partial charge in [0.1, 0.15) is 30.5 Å². The number of aromatic nitrogens is 2. The molecule has 0 amide bonds. The largest absolute Gasteiger partial charge is 0.495 e. The van der Waals surface area contributed by atoms with Gasteiger partial charge in [0, 0.05) is 17.8 Å². The molecule has 0 bridgehead atoms. The second-order valence-electron chi connectivity index (χ2n) is 8.29. The molecule has 2 aliphatic heterocycles. The average molecular weight is 504 g/mol. The lowest BCUT2D eigenvalue weighted by atomic mass is 10.00. The van der Waals surface area contributed by atoms with Crippen LogP contribution in [0.1, 0.15) is 16.8 Å². The first-order chi connectivity index (χ1) is 17.1. The summed E-state index contributed by atoms with van der Waals surface area (Å²) in [5.41, 5.74) is -0.400. The van der Waals surface area contributed by atoms with E-state index in [4.69, 9.17) is 14.3 Å². The van der Waals surface area contributed by atoms with Gasteiger partial charge in [0.05, 0.1) is 24.8 Å². The number of aliphatic hydroxyl groups excluding tert-OH is 1. The first-order valence-corrected chi connectivity index (χ1v) is 10.7. The van der Waals surface area contributed by atoms with Crippen LogP contribution >= 0.6 is 0 Å². The van der Waals surface area contributed by atoms with Crippen LogP contribution in [-0.2, 0) is 15.3 Å². The molecule has 0 spiro atoms. The number of ether oxygens (including phenoxy) is 2. The lowest BCUT2D eigenvalue weighted by Crippen LogP contribution is -2.57. The molecule has 3 heterocycles. The number of rotatable bonds is 5. The van der Waals surface area contributed by atoms with Gasteiger partial charge in [-0.25, -0.2) is 13.8 Å². The molecule has 1 N–H and O–H groups in total. The van der Waals surface area contributed by atoms with Crippen LogP contribution in [0.25, 0.3) is 11.8 Å². The van der Waals surface area contributed by atoms with E-state index in [0.29, 0.717) is 23.1 Å². The Hall–Kier alpha value is -4.06. The Labute approximate surface area is 202 Å². The highest BCUT2D eigenvalue weighted by molar-refractivity contribution is 6.01. The second-order valence-corrected chi connectivity index (χ2v) is 8.29. The van der Waals surface area contributed by atoms with Crippen molar-refractivity contribution < 1.29 is 37.0 Å². The van der Waals surface area contributed by atoms with Crippen LogP contribution in [0.15, 0.2) is 59.8 Å². The fourth-order valence-corrected chi connectivity index (χ4v) is 4.18. The Balaban J connectivity index is 1.55. The number of aliphatic hydroxyl groups is 1. The third kappa shape index (κ3) is 4.02. The maximum atomic E-state index is 14.7. The number of halogens is 4. The van der Waals surface area contributed by atoms with Crippen molar-refractivity contribution >= 4 is 11.9 Å². The van der Waals surface area contributed by atoms with E-state index >= 15 is 0 Å². The number of imidazole rings is 1. The zero-order valence-corrected chi connectivity index (χ0v) is 19.1. The molecule has 8 nitrogen and oxygen atoms in total. The molecule has 5 rings (SSSR count). The van der Waals surface area contributed by atoms with Crippen LogP contribution < -0.4 is 4.74 Å². The molecular weight excluding hydrogens is 484 g/mol. The van der Waals surface area contributed by atoms with Crippen molar-refractivity contribution in [2.24, 2.45) is 5.16 Å². The number of aryl methyl sites for hydroxylation is 1. The molecule has 36 heavy (non-hydrogen) atoms. The summed E-state index contributed by atoms with van der Waals surface area (Å²) in [7, 11) is 1.47. The van der Waals surface area contributed by atoms with E-state index in [0.717, 1.165) is 22.7 Å². The molecule has 188 valence electrons. The van der Waals surface area contributed by atoms with Gasteiger partial charge in [-0.1, -0.05) is 11.2 Å². The summed E-state index contributed by atoms with van der Waals surface area (Å²) in [6.45, 7) is -0.160. The van der Waals surface area contributed by atoms with Crippen LogP contribution in [0.5, 0.6) is 5.75 Å². The minimum atomic E-state index is -3.73. The standard InChI is InChI=1S/C24H20F4N4O4/c1-14-10-31(13-29-14)19-4-3-15(5-20(19)34-2)6-21-22-30-36-23(12-33,32(22)11-24(27,28)35-21)16-7-17(25)9-18(26)8-16/h3-10,13,33H,11-12H2,1-2H3/t23-/m1/s1. The van der Waals surface area contributed by atoms with E-state index in [9.17, 15) is 22.7 Å². The molecule has 1 saturated heterocycles. The van der Waals surface area contributed by atoms with Gasteiger partial charge < -0.3 is 24.0 Å². The summed E-state index contributed by atoms with van der Waals surface area (Å²) in [6.07, 6.45) is 0.978. The number of hydrogen-bond acceptors (Lipinski definition) is 7. The maximum Gasteiger partial charge on any atom is 0.416 e. The SMILES string of the molecule is COc1cc(C=C2OC(F)(F)CN3C2=NO[C@]3(CO)c2cc(F)cc(F)c2)ccc1-n1cnc(C)c1. The van der Waals surface area contributed by atoms with Gasteiger partial charge in [0.25, 0.3) is 5.72 Å². The van der Waals surface area contributed by atoms with Crippen molar-refractivity contribution in [1.29, 1.82) is 0 Å². The van der Waals surface area contributed by atoms with Crippen LogP contribution in [0.4, 0.5) is 17.6 Å². The Morgan fingerprint density at radius 1 is 1.17 bits per heavy atom. The molecule has 1 aromatic heterocycles. The topological polar surface area (TPSA) is 81.3 Å². The fraction of sp³-hybridized carbons (Fsp3) is 0.250. The normalized spacial score (nSPS) is 21.6. The third-order valence-corrected chi connectivity index (χ3v) is 5.82. The second kappa shape index (κ2) is 8.55. The molecular formula is C24H20F4N4O4. The number of oxime groups is 1. The molecule has 2 aliphatic rings. The van der Waals surface area contributed by atoms with Crippen molar-refractivity contribution in [3.8, 4) is 11.4 Å². The van der Waals surface area contributed by atoms with Crippen molar-refractivity contribution in [3.05, 3.63) is 83.1 Å². The maximum absolute atomic E-state index is 14.7. The lowest BCUT2D eigenvalue weighted by molar-refractivity contribution is -0.248. The number of alkyl halides is 2. The Kier molecular flexibility index (Phi) is 5.62. The summed E-state index contributed by atoms with van der Waals surface area (Å²) in [5, 5.41) is 14.0. The van der Waals surface area contributed by atoms with Gasteiger partial charge in [0.2, 0.25) is 5.84 Å². The quantitative estimate of drug-likeness (QED) is 0.531. The minimum Gasteiger partial charge on any atom is -0.495 e. The number of benzene rings is 2. The third-order valence-electron chi connectivity index (χ3n) is 5.82. The molecule has 0 unspecified atom stereocenters. The van der Waals surface area contributed by atoms with Crippen LogP contribution in [0.3, 0.4) is 0 Å².